The molecule has 0 spiro atoms. The largest absolute Gasteiger partial charge is 0.365 e. The van der Waals surface area contributed by atoms with E-state index in [0.29, 0.717) is 5.82 Å². The number of thiophene rings is 1. The third-order valence-electron chi connectivity index (χ3n) is 1.99. The minimum atomic E-state index is -0.178. The molecule has 0 aromatic carbocycles. The number of H-pyrrole nitrogens is 1. The highest BCUT2D eigenvalue weighted by Crippen LogP contribution is 2.06. The molecule has 15 heavy (non-hydrogen) atoms. The third-order valence-corrected chi connectivity index (χ3v) is 2.73. The van der Waals surface area contributed by atoms with Crippen LogP contribution in [0.2, 0.25) is 0 Å². The number of hydrogen-bond acceptors (Lipinski definition) is 4. The molecule has 0 aliphatic carbocycles. The second-order valence-electron chi connectivity index (χ2n) is 3.08. The van der Waals surface area contributed by atoms with Crippen LogP contribution in [0.3, 0.4) is 0 Å². The zero-order chi connectivity index (χ0) is 10.5. The van der Waals surface area contributed by atoms with Gasteiger partial charge in [0.05, 0.1) is 0 Å². The van der Waals surface area contributed by atoms with Gasteiger partial charge >= 0.3 is 0 Å². The van der Waals surface area contributed by atoms with Crippen LogP contribution in [0.1, 0.15) is 5.56 Å². The maximum atomic E-state index is 11.2. The Balaban J connectivity index is 1.89. The number of anilines is 1. The lowest BCUT2D eigenvalue weighted by Crippen LogP contribution is -2.16. The number of aromatic nitrogens is 2. The lowest BCUT2D eigenvalue weighted by atomic mass is 10.2. The second-order valence-corrected chi connectivity index (χ2v) is 3.86. The van der Waals surface area contributed by atoms with Gasteiger partial charge in [-0.2, -0.15) is 11.3 Å². The number of rotatable bonds is 4. The molecule has 2 rings (SSSR count). The molecule has 5 heteroatoms. The van der Waals surface area contributed by atoms with E-state index in [2.05, 4.69) is 26.7 Å². The first-order valence-electron chi connectivity index (χ1n) is 4.65. The Hall–Kier alpha value is -1.62. The molecule has 0 fully saturated rings. The quantitative estimate of drug-likeness (QED) is 0.822. The predicted octanol–water partition coefficient (Wildman–Crippen LogP) is 1.49. The molecule has 0 amide bonds. The highest BCUT2D eigenvalue weighted by atomic mass is 32.1. The molecule has 0 aliphatic rings. The van der Waals surface area contributed by atoms with E-state index in [1.54, 1.807) is 17.5 Å². The predicted molar refractivity (Wildman–Crippen MR) is 61.4 cm³/mol. The van der Waals surface area contributed by atoms with E-state index in [1.807, 2.05) is 5.38 Å². The van der Waals surface area contributed by atoms with E-state index in [0.717, 1.165) is 13.0 Å². The minimum Gasteiger partial charge on any atom is -0.365 e. The molecule has 0 radical (unpaired) electrons. The van der Waals surface area contributed by atoms with Crippen molar-refractivity contribution in [2.24, 2.45) is 0 Å². The Morgan fingerprint density at radius 3 is 3.20 bits per heavy atom. The summed E-state index contributed by atoms with van der Waals surface area (Å²) in [6.45, 7) is 0.719. The third kappa shape index (κ3) is 2.66. The highest BCUT2D eigenvalue weighted by molar-refractivity contribution is 7.07. The molecule has 2 heterocycles. The highest BCUT2D eigenvalue weighted by Gasteiger charge is 1.98. The lowest BCUT2D eigenvalue weighted by molar-refractivity contribution is 0.995. The van der Waals surface area contributed by atoms with E-state index in [9.17, 15) is 4.79 Å². The summed E-state index contributed by atoms with van der Waals surface area (Å²) in [5.41, 5.74) is 1.10. The molecule has 0 saturated carbocycles. The first-order chi connectivity index (χ1) is 7.36. The van der Waals surface area contributed by atoms with Crippen molar-refractivity contribution in [1.29, 1.82) is 0 Å². The van der Waals surface area contributed by atoms with Crippen molar-refractivity contribution in [3.63, 3.8) is 0 Å². The molecule has 2 N–H and O–H groups in total. The van der Waals surface area contributed by atoms with Crippen molar-refractivity contribution < 1.29 is 0 Å². The number of aromatic amines is 1. The van der Waals surface area contributed by atoms with Crippen molar-refractivity contribution in [3.8, 4) is 0 Å². The van der Waals surface area contributed by atoms with E-state index in [1.165, 1.54) is 11.8 Å². The normalized spacial score (nSPS) is 10.1. The summed E-state index contributed by atoms with van der Waals surface area (Å²) in [6, 6.07) is 2.08. The van der Waals surface area contributed by atoms with Crippen LogP contribution in [0, 0.1) is 0 Å². The summed E-state index contributed by atoms with van der Waals surface area (Å²) in [5.74, 6) is 0.382. The van der Waals surface area contributed by atoms with Crippen LogP contribution < -0.4 is 10.9 Å². The first kappa shape index (κ1) is 9.92. The van der Waals surface area contributed by atoms with E-state index in [-0.39, 0.29) is 5.56 Å². The summed E-state index contributed by atoms with van der Waals surface area (Å²) in [5, 5.41) is 7.15. The molecule has 0 atom stereocenters. The Kier molecular flexibility index (Phi) is 3.14. The molecule has 0 unspecified atom stereocenters. The molecule has 78 valence electrons. The van der Waals surface area contributed by atoms with Gasteiger partial charge in [0.2, 0.25) is 0 Å². The second kappa shape index (κ2) is 4.75. The number of hydrogen-bond donors (Lipinski definition) is 2. The molecule has 4 nitrogen and oxygen atoms in total. The van der Waals surface area contributed by atoms with Gasteiger partial charge in [0.1, 0.15) is 0 Å². The fourth-order valence-electron chi connectivity index (χ4n) is 1.24. The molecule has 0 bridgehead atoms. The number of nitrogens with one attached hydrogen (secondary N) is 2. The Bertz CT molecular complexity index is 464. The van der Waals surface area contributed by atoms with E-state index in [4.69, 9.17) is 0 Å². The molecule has 0 aliphatic heterocycles. The summed E-state index contributed by atoms with van der Waals surface area (Å²) in [4.78, 5) is 17.7. The molecule has 2 aromatic rings. The monoisotopic (exact) mass is 221 g/mol. The zero-order valence-corrected chi connectivity index (χ0v) is 8.88. The molecule has 0 saturated heterocycles. The summed E-state index contributed by atoms with van der Waals surface area (Å²) in [6.07, 6.45) is 3.99. The number of nitrogens with zero attached hydrogens (tertiary/aromatic N) is 1. The maximum Gasteiger partial charge on any atom is 0.290 e. The Labute approximate surface area is 91.0 Å². The van der Waals surface area contributed by atoms with Crippen molar-refractivity contribution >= 4 is 17.2 Å². The summed E-state index contributed by atoms with van der Waals surface area (Å²) < 4.78 is 0. The Morgan fingerprint density at radius 2 is 2.47 bits per heavy atom. The fourth-order valence-corrected chi connectivity index (χ4v) is 1.94. The molecular weight excluding hydrogens is 210 g/mol. The van der Waals surface area contributed by atoms with Gasteiger partial charge in [0, 0.05) is 18.9 Å². The van der Waals surface area contributed by atoms with Crippen molar-refractivity contribution in [2.75, 3.05) is 11.9 Å². The van der Waals surface area contributed by atoms with Crippen LogP contribution >= 0.6 is 11.3 Å². The lowest BCUT2D eigenvalue weighted by Gasteiger charge is -2.02. The average Bonchev–Trinajstić information content (AvgIpc) is 2.74. The molecular formula is C10H11N3OS. The van der Waals surface area contributed by atoms with Crippen LogP contribution in [-0.4, -0.2) is 16.5 Å². The average molecular weight is 221 g/mol. The van der Waals surface area contributed by atoms with Gasteiger partial charge < -0.3 is 10.3 Å². The summed E-state index contributed by atoms with van der Waals surface area (Å²) in [7, 11) is 0. The van der Waals surface area contributed by atoms with E-state index >= 15 is 0 Å². The van der Waals surface area contributed by atoms with Crippen LogP contribution in [0.4, 0.5) is 5.82 Å². The topological polar surface area (TPSA) is 57.8 Å². The zero-order valence-electron chi connectivity index (χ0n) is 8.06. The van der Waals surface area contributed by atoms with Gasteiger partial charge in [0.15, 0.2) is 5.82 Å². The minimum absolute atomic E-state index is 0.178. The van der Waals surface area contributed by atoms with Crippen molar-refractivity contribution in [2.45, 2.75) is 6.42 Å². The SMILES string of the molecule is O=c1[nH]ccnc1NCCc1ccsc1. The van der Waals surface area contributed by atoms with Gasteiger partial charge in [-0.1, -0.05) is 0 Å². The first-order valence-corrected chi connectivity index (χ1v) is 5.59. The van der Waals surface area contributed by atoms with Gasteiger partial charge in [-0.3, -0.25) is 4.79 Å². The van der Waals surface area contributed by atoms with Gasteiger partial charge in [-0.15, -0.1) is 0 Å². The van der Waals surface area contributed by atoms with Gasteiger partial charge in [0.25, 0.3) is 5.56 Å². The van der Waals surface area contributed by atoms with Gasteiger partial charge in [-0.05, 0) is 28.8 Å². The smallest absolute Gasteiger partial charge is 0.290 e. The maximum absolute atomic E-state index is 11.2. The summed E-state index contributed by atoms with van der Waals surface area (Å²) >= 11 is 1.68. The van der Waals surface area contributed by atoms with Crippen LogP contribution in [0.5, 0.6) is 0 Å². The van der Waals surface area contributed by atoms with Crippen LogP contribution in [0.25, 0.3) is 0 Å². The molecule has 2 aromatic heterocycles. The van der Waals surface area contributed by atoms with Crippen LogP contribution in [-0.2, 0) is 6.42 Å². The van der Waals surface area contributed by atoms with E-state index < -0.39 is 0 Å². The standard InChI is InChI=1S/C10H11N3OS/c14-10-9(12-4-5-13-10)11-3-1-8-2-6-15-7-8/h2,4-7H,1,3H2,(H,11,12)(H,13,14). The van der Waals surface area contributed by atoms with Crippen molar-refractivity contribution in [3.05, 3.63) is 45.1 Å². The Morgan fingerprint density at radius 1 is 1.53 bits per heavy atom. The van der Waals surface area contributed by atoms with Crippen LogP contribution in [0.15, 0.2) is 34.0 Å². The van der Waals surface area contributed by atoms with Gasteiger partial charge in [-0.25, -0.2) is 4.98 Å². The van der Waals surface area contributed by atoms with Crippen molar-refractivity contribution in [1.82, 2.24) is 9.97 Å². The fraction of sp³-hybridized carbons (Fsp3) is 0.200.